The van der Waals surface area contributed by atoms with Crippen molar-refractivity contribution in [3.8, 4) is 11.5 Å². The maximum Gasteiger partial charge on any atom is 0.193 e. The van der Waals surface area contributed by atoms with Gasteiger partial charge in [0.15, 0.2) is 5.96 Å². The Balaban J connectivity index is 0.00000225. The fourth-order valence-electron chi connectivity index (χ4n) is 2.33. The van der Waals surface area contributed by atoms with Crippen molar-refractivity contribution in [2.75, 3.05) is 19.0 Å². The number of rotatable bonds is 7. The third-order valence-corrected chi connectivity index (χ3v) is 3.91. The Morgan fingerprint density at radius 1 is 1.20 bits per heavy atom. The molecule has 5 nitrogen and oxygen atoms in total. The zero-order chi connectivity index (χ0) is 16.8. The van der Waals surface area contributed by atoms with Gasteiger partial charge in [0.25, 0.3) is 0 Å². The average Bonchev–Trinajstić information content (AvgIpc) is 3.43. The number of hydrogen-bond acceptors (Lipinski definition) is 3. The van der Waals surface area contributed by atoms with Crippen LogP contribution in [0, 0.1) is 5.92 Å². The summed E-state index contributed by atoms with van der Waals surface area (Å²) in [5, 5.41) is 3.07. The van der Waals surface area contributed by atoms with Crippen LogP contribution in [0.2, 0.25) is 0 Å². The van der Waals surface area contributed by atoms with Gasteiger partial charge < -0.3 is 20.5 Å². The molecule has 134 valence electrons. The summed E-state index contributed by atoms with van der Waals surface area (Å²) in [6.45, 7) is 1.27. The van der Waals surface area contributed by atoms with E-state index in [0.717, 1.165) is 35.3 Å². The summed E-state index contributed by atoms with van der Waals surface area (Å²) >= 11 is 0. The molecule has 3 N–H and O–H groups in total. The van der Waals surface area contributed by atoms with Crippen molar-refractivity contribution in [1.82, 2.24) is 0 Å². The molecular formula is C19H24IN3O2. The standard InChI is InChI=1S/C19H23N3O2.HI/c1-23-17-7-4-6-16(11-17)22-19(20)21-12-15-5-2-3-8-18(15)24-13-14-9-10-14;/h2-8,11,14H,9-10,12-13H2,1H3,(H3,20,21,22);1H. The van der Waals surface area contributed by atoms with E-state index in [9.17, 15) is 0 Å². The first kappa shape index (κ1) is 19.4. The SMILES string of the molecule is COc1cccc(NC(N)=NCc2ccccc2OCC2CC2)c1.I. The van der Waals surface area contributed by atoms with E-state index in [0.29, 0.717) is 12.5 Å². The summed E-state index contributed by atoms with van der Waals surface area (Å²) < 4.78 is 11.1. The third kappa shape index (κ3) is 6.12. The first-order valence-corrected chi connectivity index (χ1v) is 8.16. The predicted molar refractivity (Wildman–Crippen MR) is 112 cm³/mol. The number of halogens is 1. The molecule has 0 radical (unpaired) electrons. The average molecular weight is 453 g/mol. The Morgan fingerprint density at radius 3 is 2.76 bits per heavy atom. The Morgan fingerprint density at radius 2 is 2.00 bits per heavy atom. The molecule has 0 saturated heterocycles. The van der Waals surface area contributed by atoms with E-state index >= 15 is 0 Å². The number of nitrogens with one attached hydrogen (secondary N) is 1. The third-order valence-electron chi connectivity index (χ3n) is 3.91. The van der Waals surface area contributed by atoms with Crippen LogP contribution < -0.4 is 20.5 Å². The predicted octanol–water partition coefficient (Wildman–Crippen LogP) is 4.03. The molecule has 0 aromatic heterocycles. The highest BCUT2D eigenvalue weighted by Crippen LogP contribution is 2.30. The number of benzene rings is 2. The van der Waals surface area contributed by atoms with Gasteiger partial charge in [-0.25, -0.2) is 4.99 Å². The number of nitrogens with two attached hydrogens (primary N) is 1. The summed E-state index contributed by atoms with van der Waals surface area (Å²) in [7, 11) is 1.63. The van der Waals surface area contributed by atoms with Crippen molar-refractivity contribution in [3.63, 3.8) is 0 Å². The number of para-hydroxylation sites is 1. The zero-order valence-electron chi connectivity index (χ0n) is 14.3. The second kappa shape index (κ2) is 9.50. The van der Waals surface area contributed by atoms with Crippen LogP contribution in [0.25, 0.3) is 0 Å². The molecule has 0 unspecified atom stereocenters. The summed E-state index contributed by atoms with van der Waals surface area (Å²) in [5.41, 5.74) is 7.86. The number of guanidine groups is 1. The van der Waals surface area contributed by atoms with Gasteiger partial charge in [-0.1, -0.05) is 24.3 Å². The van der Waals surface area contributed by atoms with Crippen molar-refractivity contribution in [1.29, 1.82) is 0 Å². The highest BCUT2D eigenvalue weighted by molar-refractivity contribution is 14.0. The van der Waals surface area contributed by atoms with E-state index in [4.69, 9.17) is 15.2 Å². The number of ether oxygens (including phenoxy) is 2. The molecule has 6 heteroatoms. The lowest BCUT2D eigenvalue weighted by molar-refractivity contribution is 0.297. The number of anilines is 1. The maximum absolute atomic E-state index is 5.98. The molecular weight excluding hydrogens is 429 g/mol. The van der Waals surface area contributed by atoms with Gasteiger partial charge in [-0.05, 0) is 37.0 Å². The van der Waals surface area contributed by atoms with Gasteiger partial charge in [0, 0.05) is 17.3 Å². The monoisotopic (exact) mass is 453 g/mol. The van der Waals surface area contributed by atoms with Gasteiger partial charge in [-0.3, -0.25) is 0 Å². The largest absolute Gasteiger partial charge is 0.497 e. The lowest BCUT2D eigenvalue weighted by Crippen LogP contribution is -2.22. The minimum atomic E-state index is 0. The summed E-state index contributed by atoms with van der Waals surface area (Å²) in [6, 6.07) is 15.5. The van der Waals surface area contributed by atoms with E-state index in [2.05, 4.69) is 10.3 Å². The van der Waals surface area contributed by atoms with Crippen LogP contribution in [-0.2, 0) is 6.54 Å². The van der Waals surface area contributed by atoms with Crippen LogP contribution in [0.5, 0.6) is 11.5 Å². The van der Waals surface area contributed by atoms with Gasteiger partial charge in [0.05, 0.1) is 20.3 Å². The Kier molecular flexibility index (Phi) is 7.36. The van der Waals surface area contributed by atoms with Crippen LogP contribution in [-0.4, -0.2) is 19.7 Å². The Bertz CT molecular complexity index is 717. The van der Waals surface area contributed by atoms with Gasteiger partial charge in [-0.15, -0.1) is 24.0 Å². The van der Waals surface area contributed by atoms with E-state index in [1.807, 2.05) is 48.5 Å². The summed E-state index contributed by atoms with van der Waals surface area (Å²) in [5.74, 6) is 2.75. The van der Waals surface area contributed by atoms with E-state index in [1.54, 1.807) is 7.11 Å². The normalized spacial score (nSPS) is 13.7. The molecule has 1 fully saturated rings. The van der Waals surface area contributed by atoms with Crippen LogP contribution in [0.3, 0.4) is 0 Å². The molecule has 25 heavy (non-hydrogen) atoms. The maximum atomic E-state index is 5.98. The van der Waals surface area contributed by atoms with Crippen LogP contribution in [0.1, 0.15) is 18.4 Å². The number of methoxy groups -OCH3 is 1. The fourth-order valence-corrected chi connectivity index (χ4v) is 2.33. The molecule has 0 heterocycles. The van der Waals surface area contributed by atoms with Crippen molar-refractivity contribution in [2.24, 2.45) is 16.6 Å². The van der Waals surface area contributed by atoms with Crippen molar-refractivity contribution in [2.45, 2.75) is 19.4 Å². The minimum absolute atomic E-state index is 0. The number of hydrogen-bond donors (Lipinski definition) is 2. The van der Waals surface area contributed by atoms with E-state index in [-0.39, 0.29) is 24.0 Å². The van der Waals surface area contributed by atoms with Crippen LogP contribution in [0.4, 0.5) is 5.69 Å². The number of nitrogens with zero attached hydrogens (tertiary/aromatic N) is 1. The lowest BCUT2D eigenvalue weighted by atomic mass is 10.2. The molecule has 2 aromatic rings. The van der Waals surface area contributed by atoms with Crippen molar-refractivity contribution < 1.29 is 9.47 Å². The second-order valence-corrected chi connectivity index (χ2v) is 5.92. The van der Waals surface area contributed by atoms with Gasteiger partial charge in [0.2, 0.25) is 0 Å². The van der Waals surface area contributed by atoms with E-state index < -0.39 is 0 Å². The highest BCUT2D eigenvalue weighted by atomic mass is 127. The fraction of sp³-hybridized carbons (Fsp3) is 0.316. The van der Waals surface area contributed by atoms with Crippen molar-refractivity contribution >= 4 is 35.6 Å². The highest BCUT2D eigenvalue weighted by Gasteiger charge is 2.22. The molecule has 1 saturated carbocycles. The van der Waals surface area contributed by atoms with Crippen molar-refractivity contribution in [3.05, 3.63) is 54.1 Å². The molecule has 0 aliphatic heterocycles. The van der Waals surface area contributed by atoms with E-state index in [1.165, 1.54) is 12.8 Å². The molecule has 0 bridgehead atoms. The first-order chi connectivity index (χ1) is 11.7. The molecule has 1 aliphatic rings. The molecule has 0 amide bonds. The molecule has 3 rings (SSSR count). The lowest BCUT2D eigenvalue weighted by Gasteiger charge is -2.10. The molecule has 2 aromatic carbocycles. The molecule has 1 aliphatic carbocycles. The van der Waals surface area contributed by atoms with Crippen LogP contribution >= 0.6 is 24.0 Å². The second-order valence-electron chi connectivity index (χ2n) is 5.92. The zero-order valence-corrected chi connectivity index (χ0v) is 16.6. The summed E-state index contributed by atoms with van der Waals surface area (Å²) in [6.07, 6.45) is 2.55. The molecule has 0 spiro atoms. The number of aliphatic imine (C=N–C) groups is 1. The van der Waals surface area contributed by atoms with Crippen LogP contribution in [0.15, 0.2) is 53.5 Å². The quantitative estimate of drug-likeness (QED) is 0.378. The Labute approximate surface area is 165 Å². The van der Waals surface area contributed by atoms with Gasteiger partial charge in [-0.2, -0.15) is 0 Å². The van der Waals surface area contributed by atoms with Gasteiger partial charge >= 0.3 is 0 Å². The van der Waals surface area contributed by atoms with Gasteiger partial charge in [0.1, 0.15) is 11.5 Å². The first-order valence-electron chi connectivity index (χ1n) is 8.16. The topological polar surface area (TPSA) is 68.9 Å². The minimum Gasteiger partial charge on any atom is -0.497 e. The summed E-state index contributed by atoms with van der Waals surface area (Å²) in [4.78, 5) is 4.41. The Hall–Kier alpha value is -1.96. The molecule has 0 atom stereocenters. The smallest absolute Gasteiger partial charge is 0.193 e.